The zero-order valence-electron chi connectivity index (χ0n) is 11.5. The Kier molecular flexibility index (Phi) is 4.95. The molecule has 0 saturated carbocycles. The van der Waals surface area contributed by atoms with Crippen LogP contribution in [-0.4, -0.2) is 23.1 Å². The summed E-state index contributed by atoms with van der Waals surface area (Å²) in [6.45, 7) is 0.677. The predicted molar refractivity (Wildman–Crippen MR) is 84.5 cm³/mol. The normalized spacial score (nSPS) is 10.8. The third-order valence-corrected chi connectivity index (χ3v) is 3.33. The van der Waals surface area contributed by atoms with Crippen molar-refractivity contribution < 1.29 is 9.90 Å². The van der Waals surface area contributed by atoms with Gasteiger partial charge in [-0.3, -0.25) is 4.98 Å². The van der Waals surface area contributed by atoms with Gasteiger partial charge in [0.25, 0.3) is 0 Å². The molecule has 0 aliphatic carbocycles. The fraction of sp³-hybridized carbons (Fsp3) is 0.125. The Bertz CT molecular complexity index is 657. The zero-order chi connectivity index (χ0) is 15.2. The first-order chi connectivity index (χ1) is 10.1. The molecule has 1 aromatic heterocycles. The van der Waals surface area contributed by atoms with Gasteiger partial charge >= 0.3 is 5.97 Å². The van der Waals surface area contributed by atoms with Crippen molar-refractivity contribution in [3.05, 3.63) is 65.0 Å². The number of rotatable bonds is 5. The lowest BCUT2D eigenvalue weighted by Gasteiger charge is -2.22. The summed E-state index contributed by atoms with van der Waals surface area (Å²) in [5, 5.41) is 9.30. The Labute approximate surface area is 128 Å². The Morgan fingerprint density at radius 1 is 1.33 bits per heavy atom. The van der Waals surface area contributed by atoms with Crippen LogP contribution >= 0.6 is 11.6 Å². The molecule has 0 aliphatic heterocycles. The quantitative estimate of drug-likeness (QED) is 0.859. The second-order valence-electron chi connectivity index (χ2n) is 4.56. The highest BCUT2D eigenvalue weighted by atomic mass is 35.5. The fourth-order valence-electron chi connectivity index (χ4n) is 2.03. The molecule has 0 spiro atoms. The van der Waals surface area contributed by atoms with Crippen molar-refractivity contribution in [2.75, 3.05) is 11.9 Å². The van der Waals surface area contributed by atoms with Gasteiger partial charge in [0.1, 0.15) is 0 Å². The predicted octanol–water partition coefficient (Wildman–Crippen LogP) is 3.47. The van der Waals surface area contributed by atoms with E-state index in [-0.39, 0.29) is 0 Å². The molecule has 1 heterocycles. The molecule has 0 saturated heterocycles. The van der Waals surface area contributed by atoms with Gasteiger partial charge in [-0.05, 0) is 35.9 Å². The van der Waals surface area contributed by atoms with E-state index in [9.17, 15) is 4.79 Å². The van der Waals surface area contributed by atoms with Crippen molar-refractivity contribution in [1.29, 1.82) is 0 Å². The third-order valence-electron chi connectivity index (χ3n) is 3.00. The van der Waals surface area contributed by atoms with E-state index in [1.165, 1.54) is 6.08 Å². The second kappa shape index (κ2) is 6.90. The highest BCUT2D eigenvalue weighted by Gasteiger charge is 2.09. The van der Waals surface area contributed by atoms with Crippen molar-refractivity contribution in [3.8, 4) is 0 Å². The summed E-state index contributed by atoms with van der Waals surface area (Å²) in [6, 6.07) is 9.38. The van der Waals surface area contributed by atoms with Gasteiger partial charge in [-0.25, -0.2) is 4.79 Å². The first-order valence-corrected chi connectivity index (χ1v) is 6.75. The lowest BCUT2D eigenvalue weighted by molar-refractivity contribution is -0.131. The molecule has 108 valence electrons. The molecule has 0 amide bonds. The second-order valence-corrected chi connectivity index (χ2v) is 4.96. The van der Waals surface area contributed by atoms with Gasteiger partial charge < -0.3 is 10.0 Å². The minimum absolute atomic E-state index is 0.520. The molecule has 2 aromatic rings. The molecular weight excluding hydrogens is 288 g/mol. The van der Waals surface area contributed by atoms with E-state index in [4.69, 9.17) is 16.7 Å². The van der Waals surface area contributed by atoms with Crippen LogP contribution in [0, 0.1) is 0 Å². The minimum atomic E-state index is -1.00. The van der Waals surface area contributed by atoms with Crippen LogP contribution in [0.3, 0.4) is 0 Å². The molecule has 2 rings (SSSR count). The van der Waals surface area contributed by atoms with Crippen LogP contribution in [0.5, 0.6) is 0 Å². The largest absolute Gasteiger partial charge is 0.478 e. The summed E-state index contributed by atoms with van der Waals surface area (Å²) in [7, 11) is 1.93. The lowest BCUT2D eigenvalue weighted by Crippen LogP contribution is -2.17. The number of pyridine rings is 1. The Morgan fingerprint density at radius 3 is 2.71 bits per heavy atom. The lowest BCUT2D eigenvalue weighted by atomic mass is 10.1. The maximum Gasteiger partial charge on any atom is 0.328 e. The smallest absolute Gasteiger partial charge is 0.328 e. The number of nitrogens with zero attached hydrogens (tertiary/aromatic N) is 2. The number of carboxylic acids is 1. The molecular formula is C16H15ClN2O2. The molecule has 0 aliphatic rings. The van der Waals surface area contributed by atoms with Crippen LogP contribution in [0.15, 0.2) is 48.8 Å². The van der Waals surface area contributed by atoms with Crippen molar-refractivity contribution in [2.24, 2.45) is 0 Å². The zero-order valence-corrected chi connectivity index (χ0v) is 12.3. The molecule has 0 radical (unpaired) electrons. The van der Waals surface area contributed by atoms with Gasteiger partial charge in [-0.1, -0.05) is 17.7 Å². The average Bonchev–Trinajstić information content (AvgIpc) is 2.46. The summed E-state index contributed by atoms with van der Waals surface area (Å²) < 4.78 is 0. The molecule has 1 N–H and O–H groups in total. The van der Waals surface area contributed by atoms with Gasteiger partial charge in [-0.15, -0.1) is 0 Å². The Balaban J connectivity index is 2.30. The topological polar surface area (TPSA) is 53.4 Å². The number of anilines is 1. The van der Waals surface area contributed by atoms with Crippen LogP contribution < -0.4 is 4.90 Å². The number of halogens is 1. The molecule has 0 unspecified atom stereocenters. The average molecular weight is 303 g/mol. The van der Waals surface area contributed by atoms with Crippen LogP contribution in [0.2, 0.25) is 5.02 Å². The summed E-state index contributed by atoms with van der Waals surface area (Å²) in [6.07, 6.45) is 6.09. The monoisotopic (exact) mass is 302 g/mol. The van der Waals surface area contributed by atoms with E-state index in [1.54, 1.807) is 18.5 Å². The van der Waals surface area contributed by atoms with Gasteiger partial charge in [0.2, 0.25) is 0 Å². The van der Waals surface area contributed by atoms with Gasteiger partial charge in [0.15, 0.2) is 0 Å². The number of carbonyl (C=O) groups is 1. The van der Waals surface area contributed by atoms with Gasteiger partial charge in [0.05, 0.1) is 0 Å². The van der Waals surface area contributed by atoms with Crippen molar-refractivity contribution in [2.45, 2.75) is 6.54 Å². The van der Waals surface area contributed by atoms with E-state index >= 15 is 0 Å². The third kappa shape index (κ3) is 4.07. The van der Waals surface area contributed by atoms with E-state index in [2.05, 4.69) is 4.98 Å². The Hall–Kier alpha value is -2.33. The number of carboxylic acid groups (broad SMARTS) is 1. The van der Waals surface area contributed by atoms with Crippen LogP contribution in [0.25, 0.3) is 6.08 Å². The van der Waals surface area contributed by atoms with Crippen LogP contribution in [0.1, 0.15) is 11.1 Å². The number of benzene rings is 1. The molecule has 0 bridgehead atoms. The maximum atomic E-state index is 10.7. The Morgan fingerprint density at radius 2 is 2.05 bits per heavy atom. The fourth-order valence-corrected chi connectivity index (χ4v) is 2.26. The number of aliphatic carboxylic acids is 1. The summed E-state index contributed by atoms with van der Waals surface area (Å²) in [5.74, 6) is -1.00. The molecule has 21 heavy (non-hydrogen) atoms. The minimum Gasteiger partial charge on any atom is -0.478 e. The standard InChI is InChI=1S/C16H15ClN2O2/c1-19(11-12-7-9-18-10-8-12)15-4-2-3-14(17)13(15)5-6-16(20)21/h2-10H,11H2,1H3,(H,20,21)/b6-5+. The van der Waals surface area contributed by atoms with Crippen molar-refractivity contribution in [1.82, 2.24) is 4.98 Å². The van der Waals surface area contributed by atoms with Crippen LogP contribution in [-0.2, 0) is 11.3 Å². The number of hydrogen-bond donors (Lipinski definition) is 1. The van der Waals surface area contributed by atoms with E-state index in [0.717, 1.165) is 17.3 Å². The van der Waals surface area contributed by atoms with Crippen molar-refractivity contribution in [3.63, 3.8) is 0 Å². The van der Waals surface area contributed by atoms with E-state index < -0.39 is 5.97 Å². The molecule has 0 atom stereocenters. The molecule has 4 nitrogen and oxygen atoms in total. The van der Waals surface area contributed by atoms with Gasteiger partial charge in [0, 0.05) is 48.3 Å². The van der Waals surface area contributed by atoms with Crippen LogP contribution in [0.4, 0.5) is 5.69 Å². The van der Waals surface area contributed by atoms with Crippen molar-refractivity contribution >= 4 is 29.3 Å². The first kappa shape index (κ1) is 15.1. The molecule has 0 fully saturated rings. The first-order valence-electron chi connectivity index (χ1n) is 6.37. The highest BCUT2D eigenvalue weighted by Crippen LogP contribution is 2.29. The SMILES string of the molecule is CN(Cc1ccncc1)c1cccc(Cl)c1/C=C/C(=O)O. The number of hydrogen-bond acceptors (Lipinski definition) is 3. The van der Waals surface area contributed by atoms with E-state index in [1.807, 2.05) is 36.2 Å². The summed E-state index contributed by atoms with van der Waals surface area (Å²) in [4.78, 5) is 16.7. The summed E-state index contributed by atoms with van der Waals surface area (Å²) in [5.41, 5.74) is 2.68. The number of aromatic nitrogens is 1. The van der Waals surface area contributed by atoms with E-state index in [0.29, 0.717) is 17.1 Å². The summed E-state index contributed by atoms with van der Waals surface area (Å²) >= 11 is 6.18. The highest BCUT2D eigenvalue weighted by molar-refractivity contribution is 6.32. The maximum absolute atomic E-state index is 10.7. The molecule has 5 heteroatoms. The van der Waals surface area contributed by atoms with Gasteiger partial charge in [-0.2, -0.15) is 0 Å². The molecule has 1 aromatic carbocycles.